The van der Waals surface area contributed by atoms with E-state index in [-0.39, 0.29) is 17.7 Å². The van der Waals surface area contributed by atoms with Crippen LogP contribution >= 0.6 is 0 Å². The van der Waals surface area contributed by atoms with E-state index < -0.39 is 5.97 Å². The standard InChI is InChI=1S/C19H24N2O4/c1-4-24-19(23)17-14(13-8-5-6-10-16(13)25-17)12-21-11-7-9-15(21)18(22)20(2)3/h5-6,8,10,15H,4,7,9,11-12H2,1-3H3/t15-/m1/s1. The maximum atomic E-state index is 12.4. The van der Waals surface area contributed by atoms with Crippen LogP contribution in [0.1, 0.15) is 35.9 Å². The number of hydrogen-bond donors (Lipinski definition) is 0. The van der Waals surface area contributed by atoms with Crippen molar-refractivity contribution in [3.63, 3.8) is 0 Å². The zero-order chi connectivity index (χ0) is 18.0. The summed E-state index contributed by atoms with van der Waals surface area (Å²) in [5.41, 5.74) is 1.46. The Morgan fingerprint density at radius 2 is 2.08 bits per heavy atom. The van der Waals surface area contributed by atoms with Crippen LogP contribution in [-0.2, 0) is 16.1 Å². The number of nitrogens with zero attached hydrogens (tertiary/aromatic N) is 2. The molecule has 3 rings (SSSR count). The summed E-state index contributed by atoms with van der Waals surface area (Å²) in [7, 11) is 3.55. The van der Waals surface area contributed by atoms with E-state index in [9.17, 15) is 9.59 Å². The Morgan fingerprint density at radius 3 is 2.80 bits per heavy atom. The van der Waals surface area contributed by atoms with E-state index in [2.05, 4.69) is 4.90 Å². The highest BCUT2D eigenvalue weighted by Gasteiger charge is 2.33. The quantitative estimate of drug-likeness (QED) is 0.780. The van der Waals surface area contributed by atoms with Gasteiger partial charge in [-0.3, -0.25) is 9.69 Å². The van der Waals surface area contributed by atoms with E-state index in [4.69, 9.17) is 9.15 Å². The van der Waals surface area contributed by atoms with Gasteiger partial charge in [-0.25, -0.2) is 4.79 Å². The third kappa shape index (κ3) is 3.39. The van der Waals surface area contributed by atoms with Gasteiger partial charge in [-0.15, -0.1) is 0 Å². The molecule has 1 atom stereocenters. The first-order valence-electron chi connectivity index (χ1n) is 8.65. The molecule has 0 N–H and O–H groups in total. The SMILES string of the molecule is CCOC(=O)c1oc2ccccc2c1CN1CCC[C@@H]1C(=O)N(C)C. The van der Waals surface area contributed by atoms with E-state index >= 15 is 0 Å². The van der Waals surface area contributed by atoms with Crippen molar-refractivity contribution < 1.29 is 18.7 Å². The number of likely N-dealkylation sites (N-methyl/N-ethyl adjacent to an activating group) is 1. The highest BCUT2D eigenvalue weighted by atomic mass is 16.5. The minimum Gasteiger partial charge on any atom is -0.460 e. The second kappa shape index (κ2) is 7.27. The molecule has 0 saturated carbocycles. The van der Waals surface area contributed by atoms with Gasteiger partial charge in [0.05, 0.1) is 12.6 Å². The lowest BCUT2D eigenvalue weighted by atomic mass is 10.1. The number of benzene rings is 1. The van der Waals surface area contributed by atoms with Crippen LogP contribution in [0.2, 0.25) is 0 Å². The number of ether oxygens (including phenoxy) is 1. The van der Waals surface area contributed by atoms with Gasteiger partial charge in [-0.1, -0.05) is 18.2 Å². The molecule has 2 heterocycles. The molecule has 0 radical (unpaired) electrons. The largest absolute Gasteiger partial charge is 0.460 e. The Bertz CT molecular complexity index is 781. The van der Waals surface area contributed by atoms with Crippen molar-refractivity contribution >= 4 is 22.8 Å². The summed E-state index contributed by atoms with van der Waals surface area (Å²) in [6.45, 7) is 3.38. The summed E-state index contributed by atoms with van der Waals surface area (Å²) in [6, 6.07) is 7.42. The zero-order valence-electron chi connectivity index (χ0n) is 14.9. The van der Waals surface area contributed by atoms with Crippen molar-refractivity contribution in [2.24, 2.45) is 0 Å². The van der Waals surface area contributed by atoms with Crippen LogP contribution in [0.3, 0.4) is 0 Å². The summed E-state index contributed by atoms with van der Waals surface area (Å²) < 4.78 is 10.9. The highest BCUT2D eigenvalue weighted by molar-refractivity contribution is 5.96. The molecule has 1 aliphatic heterocycles. The van der Waals surface area contributed by atoms with E-state index in [1.54, 1.807) is 25.9 Å². The van der Waals surface area contributed by atoms with E-state index in [1.165, 1.54) is 0 Å². The maximum absolute atomic E-state index is 12.4. The Balaban J connectivity index is 1.95. The Morgan fingerprint density at radius 1 is 1.32 bits per heavy atom. The van der Waals surface area contributed by atoms with Crippen LogP contribution in [-0.4, -0.2) is 55.0 Å². The molecule has 134 valence electrons. The lowest BCUT2D eigenvalue weighted by molar-refractivity contribution is -0.133. The second-order valence-electron chi connectivity index (χ2n) is 6.49. The molecular weight excluding hydrogens is 320 g/mol. The molecule has 1 fully saturated rings. The summed E-state index contributed by atoms with van der Waals surface area (Å²) in [6.07, 6.45) is 1.80. The average molecular weight is 344 g/mol. The molecule has 0 bridgehead atoms. The minimum atomic E-state index is -0.455. The molecule has 0 spiro atoms. The number of furan rings is 1. The molecule has 2 aromatic rings. The Kier molecular flexibility index (Phi) is 5.08. The highest BCUT2D eigenvalue weighted by Crippen LogP contribution is 2.30. The number of carbonyl (C=O) groups is 2. The fourth-order valence-corrected chi connectivity index (χ4v) is 3.41. The normalized spacial score (nSPS) is 17.8. The summed E-state index contributed by atoms with van der Waals surface area (Å²) in [5.74, 6) is -0.114. The predicted molar refractivity (Wildman–Crippen MR) is 94.3 cm³/mol. The van der Waals surface area contributed by atoms with Gasteiger partial charge >= 0.3 is 5.97 Å². The average Bonchev–Trinajstić information content (AvgIpc) is 3.20. The topological polar surface area (TPSA) is 63.0 Å². The lowest BCUT2D eigenvalue weighted by Gasteiger charge is -2.26. The number of likely N-dealkylation sites (tertiary alicyclic amines) is 1. The first kappa shape index (κ1) is 17.5. The number of fused-ring (bicyclic) bond motifs is 1. The number of hydrogen-bond acceptors (Lipinski definition) is 5. The van der Waals surface area contributed by atoms with Crippen LogP contribution in [0, 0.1) is 0 Å². The predicted octanol–water partition coefficient (Wildman–Crippen LogP) is 2.66. The second-order valence-corrected chi connectivity index (χ2v) is 6.49. The lowest BCUT2D eigenvalue weighted by Crippen LogP contribution is -2.42. The fourth-order valence-electron chi connectivity index (χ4n) is 3.41. The monoisotopic (exact) mass is 344 g/mol. The van der Waals surface area contributed by atoms with Gasteiger partial charge in [-0.2, -0.15) is 0 Å². The van der Waals surface area contributed by atoms with Gasteiger partial charge in [0.25, 0.3) is 0 Å². The van der Waals surface area contributed by atoms with Crippen LogP contribution in [0.4, 0.5) is 0 Å². The fraction of sp³-hybridized carbons (Fsp3) is 0.474. The van der Waals surface area contributed by atoms with E-state index in [1.807, 2.05) is 24.3 Å². The van der Waals surface area contributed by atoms with Gasteiger partial charge in [0, 0.05) is 31.6 Å². The Hall–Kier alpha value is -2.34. The maximum Gasteiger partial charge on any atom is 0.374 e. The van der Waals surface area contributed by atoms with E-state index in [0.29, 0.717) is 18.7 Å². The van der Waals surface area contributed by atoms with Crippen molar-refractivity contribution in [3.05, 3.63) is 35.6 Å². The number of amides is 1. The van der Waals surface area contributed by atoms with Gasteiger partial charge < -0.3 is 14.1 Å². The summed E-state index contributed by atoms with van der Waals surface area (Å²) in [5, 5.41) is 0.897. The zero-order valence-corrected chi connectivity index (χ0v) is 14.9. The van der Waals surface area contributed by atoms with Crippen molar-refractivity contribution in [2.45, 2.75) is 32.4 Å². The molecule has 6 heteroatoms. The Labute approximate surface area is 147 Å². The molecule has 0 aliphatic carbocycles. The molecule has 25 heavy (non-hydrogen) atoms. The van der Waals surface area contributed by atoms with E-state index in [0.717, 1.165) is 30.3 Å². The van der Waals surface area contributed by atoms with Crippen LogP contribution in [0.25, 0.3) is 11.0 Å². The molecule has 1 aromatic heterocycles. The number of esters is 1. The number of carbonyl (C=O) groups excluding carboxylic acids is 2. The molecule has 1 aromatic carbocycles. The van der Waals surface area contributed by atoms with Crippen LogP contribution < -0.4 is 0 Å². The number of rotatable bonds is 5. The minimum absolute atomic E-state index is 0.1000. The number of para-hydroxylation sites is 1. The molecule has 0 unspecified atom stereocenters. The van der Waals surface area contributed by atoms with Gasteiger partial charge in [0.15, 0.2) is 0 Å². The third-order valence-electron chi connectivity index (χ3n) is 4.61. The van der Waals surface area contributed by atoms with Crippen molar-refractivity contribution in [3.8, 4) is 0 Å². The van der Waals surface area contributed by atoms with Crippen LogP contribution in [0.15, 0.2) is 28.7 Å². The molecule has 1 amide bonds. The summed E-state index contributed by atoms with van der Waals surface area (Å²) >= 11 is 0. The van der Waals surface area contributed by atoms with Crippen molar-refractivity contribution in [1.29, 1.82) is 0 Å². The summed E-state index contributed by atoms with van der Waals surface area (Å²) in [4.78, 5) is 28.5. The van der Waals surface area contributed by atoms with Gasteiger partial charge in [-0.05, 0) is 32.4 Å². The van der Waals surface area contributed by atoms with Crippen molar-refractivity contribution in [2.75, 3.05) is 27.2 Å². The smallest absolute Gasteiger partial charge is 0.374 e. The first-order chi connectivity index (χ1) is 12.0. The van der Waals surface area contributed by atoms with Crippen molar-refractivity contribution in [1.82, 2.24) is 9.80 Å². The van der Waals surface area contributed by atoms with Gasteiger partial charge in [0.1, 0.15) is 5.58 Å². The van der Waals surface area contributed by atoms with Crippen LogP contribution in [0.5, 0.6) is 0 Å². The third-order valence-corrected chi connectivity index (χ3v) is 4.61. The molecule has 1 aliphatic rings. The van der Waals surface area contributed by atoms with Gasteiger partial charge in [0.2, 0.25) is 11.7 Å². The molecule has 1 saturated heterocycles. The first-order valence-corrected chi connectivity index (χ1v) is 8.65. The molecule has 6 nitrogen and oxygen atoms in total. The molecular formula is C19H24N2O4.